The van der Waals surface area contributed by atoms with Gasteiger partial charge in [0.25, 0.3) is 5.56 Å². The maximum atomic E-state index is 12.9. The van der Waals surface area contributed by atoms with Crippen LogP contribution in [0.25, 0.3) is 0 Å². The van der Waals surface area contributed by atoms with E-state index in [2.05, 4.69) is 0 Å². The molecule has 1 aromatic heterocycles. The zero-order valence-corrected chi connectivity index (χ0v) is 8.84. The van der Waals surface area contributed by atoms with Crippen molar-refractivity contribution in [2.75, 3.05) is 26.4 Å². The van der Waals surface area contributed by atoms with E-state index in [0.717, 1.165) is 10.8 Å². The van der Waals surface area contributed by atoms with Gasteiger partial charge in [-0.25, -0.2) is 9.36 Å². The van der Waals surface area contributed by atoms with Crippen LogP contribution < -0.4 is 11.2 Å². The molecule has 1 aromatic rings. The van der Waals surface area contributed by atoms with E-state index in [1.807, 2.05) is 0 Å². The van der Waals surface area contributed by atoms with E-state index in [0.29, 0.717) is 4.57 Å². The molecule has 94 valence electrons. The van der Waals surface area contributed by atoms with Crippen molar-refractivity contribution < 1.29 is 19.0 Å². The first-order valence-electron chi connectivity index (χ1n) is 5.00. The van der Waals surface area contributed by atoms with Crippen LogP contribution in [0.1, 0.15) is 6.35 Å². The number of fused-ring (bicyclic) bond motifs is 2. The molecule has 2 aliphatic heterocycles. The second-order valence-corrected chi connectivity index (χ2v) is 3.38. The van der Waals surface area contributed by atoms with E-state index >= 15 is 0 Å². The Morgan fingerprint density at radius 3 is 2.76 bits per heavy atom. The van der Waals surface area contributed by atoms with E-state index in [9.17, 15) is 14.0 Å². The smallest absolute Gasteiger partial charge is 0.338 e. The van der Waals surface area contributed by atoms with Crippen LogP contribution in [0.2, 0.25) is 0 Å². The third-order valence-electron chi connectivity index (χ3n) is 2.29. The molecular formula is C9H11FN2O5. The van der Waals surface area contributed by atoms with Gasteiger partial charge in [0.15, 0.2) is 0 Å². The Morgan fingerprint density at radius 2 is 2.12 bits per heavy atom. The fourth-order valence-electron chi connectivity index (χ4n) is 1.51. The normalized spacial score (nSPS) is 16.9. The summed E-state index contributed by atoms with van der Waals surface area (Å²) in [5.74, 6) is -0.985. The maximum Gasteiger partial charge on any atom is 0.338 e. The zero-order valence-electron chi connectivity index (χ0n) is 8.84. The highest BCUT2D eigenvalue weighted by Gasteiger charge is 2.32. The summed E-state index contributed by atoms with van der Waals surface area (Å²) in [5.41, 5.74) is -1.59. The van der Waals surface area contributed by atoms with Crippen LogP contribution in [-0.2, 0) is 9.47 Å². The molecule has 0 saturated carbocycles. The monoisotopic (exact) mass is 246 g/mol. The number of hydrogen-bond donors (Lipinski definition) is 1. The topological polar surface area (TPSA) is 82.7 Å². The molecule has 3 rings (SSSR count). The van der Waals surface area contributed by atoms with Gasteiger partial charge >= 0.3 is 5.69 Å². The predicted octanol–water partition coefficient (Wildman–Crippen LogP) is -1.51. The van der Waals surface area contributed by atoms with Gasteiger partial charge in [-0.3, -0.25) is 9.36 Å². The average Bonchev–Trinajstić information content (AvgIpc) is 2.32. The summed E-state index contributed by atoms with van der Waals surface area (Å²) in [4.78, 5) is 22.4. The van der Waals surface area contributed by atoms with Gasteiger partial charge in [0, 0.05) is 0 Å². The van der Waals surface area contributed by atoms with Crippen molar-refractivity contribution in [1.82, 2.24) is 9.13 Å². The van der Waals surface area contributed by atoms with Crippen molar-refractivity contribution in [1.29, 1.82) is 0 Å². The van der Waals surface area contributed by atoms with Gasteiger partial charge in [-0.1, -0.05) is 0 Å². The second kappa shape index (κ2) is 4.78. The van der Waals surface area contributed by atoms with Crippen molar-refractivity contribution in [3.8, 4) is 0 Å². The minimum atomic E-state index is -0.987. The molecule has 1 unspecified atom stereocenters. The molecular weight excluding hydrogens is 235 g/mol. The lowest BCUT2D eigenvalue weighted by molar-refractivity contribution is -0.0830. The van der Waals surface area contributed by atoms with Crippen LogP contribution in [0.5, 0.6) is 0 Å². The number of nitrogens with zero attached hydrogens (tertiary/aromatic N) is 2. The molecule has 2 bridgehead atoms. The lowest BCUT2D eigenvalue weighted by Crippen LogP contribution is -2.57. The van der Waals surface area contributed by atoms with Crippen molar-refractivity contribution in [3.05, 3.63) is 32.9 Å². The average molecular weight is 246 g/mol. The number of rotatable bonds is 6. The molecule has 17 heavy (non-hydrogen) atoms. The Bertz CT molecular complexity index is 523. The summed E-state index contributed by atoms with van der Waals surface area (Å²) < 4.78 is 24.6. The molecule has 0 spiro atoms. The van der Waals surface area contributed by atoms with Gasteiger partial charge in [0.05, 0.1) is 32.6 Å². The lowest BCUT2D eigenvalue weighted by atomic mass is 10.5. The predicted molar refractivity (Wildman–Crippen MR) is 53.2 cm³/mol. The van der Waals surface area contributed by atoms with Crippen molar-refractivity contribution >= 4 is 0 Å². The van der Waals surface area contributed by atoms with Crippen LogP contribution in [0.15, 0.2) is 15.8 Å². The Morgan fingerprint density at radius 1 is 1.35 bits per heavy atom. The van der Waals surface area contributed by atoms with Gasteiger partial charge < -0.3 is 14.6 Å². The van der Waals surface area contributed by atoms with Gasteiger partial charge in [-0.2, -0.15) is 4.39 Å². The van der Waals surface area contributed by atoms with Crippen LogP contribution in [-0.4, -0.2) is 40.7 Å². The number of aliphatic hydroxyl groups is 1. The van der Waals surface area contributed by atoms with Crippen LogP contribution in [0.4, 0.5) is 4.39 Å². The van der Waals surface area contributed by atoms with Crippen molar-refractivity contribution in [2.45, 2.75) is 6.35 Å². The van der Waals surface area contributed by atoms with Crippen LogP contribution in [0, 0.1) is 5.82 Å². The summed E-state index contributed by atoms with van der Waals surface area (Å²) >= 11 is 0. The molecule has 2 aliphatic rings. The third-order valence-corrected chi connectivity index (χ3v) is 2.29. The first-order chi connectivity index (χ1) is 8.16. The minimum absolute atomic E-state index is 0.0907. The number of hydrogen-bond acceptors (Lipinski definition) is 5. The molecule has 1 atom stereocenters. The van der Waals surface area contributed by atoms with Crippen molar-refractivity contribution in [2.24, 2.45) is 0 Å². The molecule has 0 saturated heterocycles. The molecule has 3 heterocycles. The van der Waals surface area contributed by atoms with E-state index in [1.165, 1.54) is 0 Å². The Balaban J connectivity index is 1.93. The fourth-order valence-corrected chi connectivity index (χ4v) is 1.51. The summed E-state index contributed by atoms with van der Waals surface area (Å²) in [5, 5.41) is 8.44. The highest BCUT2D eigenvalue weighted by molar-refractivity contribution is 4.98. The summed E-state index contributed by atoms with van der Waals surface area (Å²) in [6.07, 6.45) is -0.0589. The van der Waals surface area contributed by atoms with Crippen LogP contribution in [0.3, 0.4) is 0 Å². The quantitative estimate of drug-likeness (QED) is 0.617. The molecule has 8 heteroatoms. The summed E-state index contributed by atoms with van der Waals surface area (Å²) in [6, 6.07) is 0. The fraction of sp³-hybridized carbons (Fsp3) is 0.556. The molecule has 0 amide bonds. The first-order valence-corrected chi connectivity index (χ1v) is 5.00. The maximum absolute atomic E-state index is 12.9. The van der Waals surface area contributed by atoms with E-state index in [4.69, 9.17) is 14.6 Å². The standard InChI is InChI=1S/C9H11FN2O5/c10-6-5-11-8(15)12(7(6)14)9(11)17-4-3-16-2-1-13/h5,9,13H,1-4H2. The number of aromatic nitrogens is 2. The summed E-state index contributed by atoms with van der Waals surface area (Å²) in [7, 11) is 0. The zero-order chi connectivity index (χ0) is 12.4. The van der Waals surface area contributed by atoms with Crippen molar-refractivity contribution in [3.63, 3.8) is 0 Å². The molecule has 0 fully saturated rings. The van der Waals surface area contributed by atoms with E-state index < -0.39 is 23.4 Å². The second-order valence-electron chi connectivity index (χ2n) is 3.38. The molecule has 1 N–H and O–H groups in total. The SMILES string of the molecule is O=c1c(F)cn2c(=O)n1C2OCCOCCO. The Hall–Kier alpha value is -1.51. The van der Waals surface area contributed by atoms with E-state index in [-0.39, 0.29) is 26.4 Å². The van der Waals surface area contributed by atoms with E-state index in [1.54, 1.807) is 0 Å². The van der Waals surface area contributed by atoms with Gasteiger partial charge in [0.1, 0.15) is 0 Å². The third kappa shape index (κ3) is 2.02. The van der Waals surface area contributed by atoms with Gasteiger partial charge in [0.2, 0.25) is 12.2 Å². The first kappa shape index (κ1) is 12.0. The van der Waals surface area contributed by atoms with Crippen LogP contribution >= 0.6 is 0 Å². The molecule has 0 aliphatic carbocycles. The number of halogens is 1. The summed E-state index contributed by atoms with van der Waals surface area (Å²) in [6.45, 7) is 0.446. The Kier molecular flexibility index (Phi) is 3.36. The number of aliphatic hydroxyl groups excluding tert-OH is 1. The molecule has 0 radical (unpaired) electrons. The van der Waals surface area contributed by atoms with Gasteiger partial charge in [-0.15, -0.1) is 0 Å². The minimum Gasteiger partial charge on any atom is -0.394 e. The largest absolute Gasteiger partial charge is 0.394 e. The highest BCUT2D eigenvalue weighted by atomic mass is 19.1. The van der Waals surface area contributed by atoms with Gasteiger partial charge in [-0.05, 0) is 0 Å². The number of ether oxygens (including phenoxy) is 2. The lowest BCUT2D eigenvalue weighted by Gasteiger charge is -2.29. The molecule has 7 nitrogen and oxygen atoms in total. The molecule has 0 aromatic carbocycles. The Labute approximate surface area is 94.6 Å². The highest BCUT2D eigenvalue weighted by Crippen LogP contribution is 2.12.